The van der Waals surface area contributed by atoms with Gasteiger partial charge < -0.3 is 5.11 Å². The largest absolute Gasteiger partial charge is 0.481 e. The van der Waals surface area contributed by atoms with E-state index in [-0.39, 0.29) is 0 Å². The molecule has 1 atom stereocenters. The maximum atomic E-state index is 10.9. The van der Waals surface area contributed by atoms with Gasteiger partial charge in [-0.05, 0) is 49.3 Å². The van der Waals surface area contributed by atoms with Crippen molar-refractivity contribution in [1.82, 2.24) is 0 Å². The van der Waals surface area contributed by atoms with Crippen molar-refractivity contribution in [3.8, 4) is 0 Å². The Hall–Kier alpha value is -1.57. The summed E-state index contributed by atoms with van der Waals surface area (Å²) in [6.45, 7) is 1.72. The van der Waals surface area contributed by atoms with Crippen molar-refractivity contribution in [2.45, 2.75) is 44.9 Å². The Labute approximate surface area is 108 Å². The summed E-state index contributed by atoms with van der Waals surface area (Å²) in [5.74, 6) is -1.20. The predicted molar refractivity (Wildman–Crippen MR) is 73.6 cm³/mol. The average Bonchev–Trinajstić information content (AvgIpc) is 2.67. The fraction of sp³-hybridized carbons (Fsp3) is 0.438. The highest BCUT2D eigenvalue weighted by molar-refractivity contribution is 5.76. The number of hydrogen-bond acceptors (Lipinski definition) is 1. The van der Waals surface area contributed by atoms with Crippen LogP contribution in [0.2, 0.25) is 0 Å². The summed E-state index contributed by atoms with van der Waals surface area (Å²) in [7, 11) is 0. The second kappa shape index (κ2) is 5.85. The number of aliphatic carboxylic acids is 1. The summed E-state index contributed by atoms with van der Waals surface area (Å²) in [6.07, 6.45) is 8.52. The first-order chi connectivity index (χ1) is 8.68. The van der Waals surface area contributed by atoms with E-state index >= 15 is 0 Å². The molecule has 1 aromatic rings. The van der Waals surface area contributed by atoms with E-state index in [1.54, 1.807) is 6.92 Å². The van der Waals surface area contributed by atoms with Gasteiger partial charge in [-0.15, -0.1) is 0 Å². The van der Waals surface area contributed by atoms with Crippen molar-refractivity contribution < 1.29 is 9.90 Å². The Balaban J connectivity index is 2.16. The zero-order valence-electron chi connectivity index (χ0n) is 10.9. The lowest BCUT2D eigenvalue weighted by molar-refractivity contribution is -0.138. The van der Waals surface area contributed by atoms with Crippen molar-refractivity contribution in [3.05, 3.63) is 41.5 Å². The van der Waals surface area contributed by atoms with Crippen molar-refractivity contribution in [3.63, 3.8) is 0 Å². The highest BCUT2D eigenvalue weighted by Gasteiger charge is 2.13. The maximum Gasteiger partial charge on any atom is 0.310 e. The third kappa shape index (κ3) is 3.00. The maximum absolute atomic E-state index is 10.9. The second-order valence-corrected chi connectivity index (χ2v) is 5.01. The molecule has 0 fully saturated rings. The number of carboxylic acid groups (broad SMARTS) is 1. The number of hydrogen-bond donors (Lipinski definition) is 1. The number of rotatable bonds is 3. The molecule has 1 aliphatic carbocycles. The Morgan fingerprint density at radius 3 is 2.56 bits per heavy atom. The molecule has 1 N–H and O–H groups in total. The number of carbonyl (C=O) groups is 1. The van der Waals surface area contributed by atoms with Crippen molar-refractivity contribution in [2.24, 2.45) is 0 Å². The molecule has 0 saturated heterocycles. The molecule has 96 valence electrons. The van der Waals surface area contributed by atoms with Crippen LogP contribution in [0, 0.1) is 0 Å². The molecule has 1 aliphatic rings. The molecule has 1 unspecified atom stereocenters. The third-order valence-corrected chi connectivity index (χ3v) is 3.69. The van der Waals surface area contributed by atoms with E-state index in [0.29, 0.717) is 0 Å². The van der Waals surface area contributed by atoms with E-state index in [4.69, 9.17) is 5.11 Å². The third-order valence-electron chi connectivity index (χ3n) is 3.69. The molecular weight excluding hydrogens is 224 g/mol. The molecule has 2 heteroatoms. The van der Waals surface area contributed by atoms with Crippen molar-refractivity contribution in [1.29, 1.82) is 0 Å². The van der Waals surface area contributed by atoms with Crippen LogP contribution < -0.4 is 0 Å². The zero-order chi connectivity index (χ0) is 13.0. The summed E-state index contributed by atoms with van der Waals surface area (Å²) in [4.78, 5) is 10.9. The molecule has 0 heterocycles. The highest BCUT2D eigenvalue weighted by atomic mass is 16.4. The van der Waals surface area contributed by atoms with Gasteiger partial charge in [0.1, 0.15) is 0 Å². The van der Waals surface area contributed by atoms with Gasteiger partial charge in [0.15, 0.2) is 0 Å². The molecular formula is C16H20O2. The monoisotopic (exact) mass is 244 g/mol. The van der Waals surface area contributed by atoms with E-state index in [1.807, 2.05) is 12.1 Å². The Morgan fingerprint density at radius 2 is 1.89 bits per heavy atom. The second-order valence-electron chi connectivity index (χ2n) is 5.01. The van der Waals surface area contributed by atoms with Gasteiger partial charge in [0.25, 0.3) is 0 Å². The Morgan fingerprint density at radius 1 is 1.17 bits per heavy atom. The molecule has 1 aromatic carbocycles. The summed E-state index contributed by atoms with van der Waals surface area (Å²) in [6, 6.07) is 8.01. The quantitative estimate of drug-likeness (QED) is 0.864. The number of allylic oxidation sites excluding steroid dienone is 2. The van der Waals surface area contributed by atoms with Crippen LogP contribution in [0.3, 0.4) is 0 Å². The normalized spacial score (nSPS) is 17.7. The molecule has 0 amide bonds. The molecule has 0 saturated carbocycles. The summed E-state index contributed by atoms with van der Waals surface area (Å²) in [5, 5.41) is 8.98. The van der Waals surface area contributed by atoms with Gasteiger partial charge in [0.2, 0.25) is 0 Å². The molecule has 0 aliphatic heterocycles. The molecule has 0 aromatic heterocycles. The summed E-state index contributed by atoms with van der Waals surface area (Å²) in [5.41, 5.74) is 3.54. The first kappa shape index (κ1) is 12.9. The molecule has 18 heavy (non-hydrogen) atoms. The van der Waals surface area contributed by atoms with Crippen molar-refractivity contribution >= 4 is 11.5 Å². The minimum atomic E-state index is -0.767. The van der Waals surface area contributed by atoms with Crippen LogP contribution in [0.25, 0.3) is 5.57 Å². The van der Waals surface area contributed by atoms with E-state index in [1.165, 1.54) is 36.8 Å². The molecule has 0 spiro atoms. The minimum absolute atomic E-state index is 0.429. The van der Waals surface area contributed by atoms with E-state index in [0.717, 1.165) is 12.0 Å². The molecule has 2 nitrogen and oxygen atoms in total. The zero-order valence-corrected chi connectivity index (χ0v) is 10.9. The van der Waals surface area contributed by atoms with Gasteiger partial charge >= 0.3 is 5.97 Å². The van der Waals surface area contributed by atoms with Gasteiger partial charge in [-0.25, -0.2) is 0 Å². The predicted octanol–water partition coefficient (Wildman–Crippen LogP) is 4.22. The van der Waals surface area contributed by atoms with Crippen LogP contribution >= 0.6 is 0 Å². The van der Waals surface area contributed by atoms with Gasteiger partial charge in [-0.2, -0.15) is 0 Å². The first-order valence-corrected chi connectivity index (χ1v) is 6.70. The van der Waals surface area contributed by atoms with Crippen LogP contribution in [0.15, 0.2) is 30.3 Å². The van der Waals surface area contributed by atoms with Gasteiger partial charge in [0.05, 0.1) is 5.92 Å². The SMILES string of the molecule is CC(C(=O)O)c1ccc(C2=CCCCCC2)cc1. The fourth-order valence-corrected chi connectivity index (χ4v) is 2.41. The molecule has 0 bridgehead atoms. The smallest absolute Gasteiger partial charge is 0.310 e. The Kier molecular flexibility index (Phi) is 4.19. The lowest BCUT2D eigenvalue weighted by atomic mass is 9.96. The lowest BCUT2D eigenvalue weighted by Crippen LogP contribution is -2.07. The minimum Gasteiger partial charge on any atom is -0.481 e. The van der Waals surface area contributed by atoms with E-state index in [9.17, 15) is 4.79 Å². The number of carboxylic acids is 1. The summed E-state index contributed by atoms with van der Waals surface area (Å²) >= 11 is 0. The highest BCUT2D eigenvalue weighted by Crippen LogP contribution is 2.27. The van der Waals surface area contributed by atoms with E-state index in [2.05, 4.69) is 18.2 Å². The first-order valence-electron chi connectivity index (χ1n) is 6.70. The van der Waals surface area contributed by atoms with Gasteiger partial charge in [-0.1, -0.05) is 36.8 Å². The summed E-state index contributed by atoms with van der Waals surface area (Å²) < 4.78 is 0. The molecule has 2 rings (SSSR count). The van der Waals surface area contributed by atoms with Crippen LogP contribution in [0.5, 0.6) is 0 Å². The molecule has 0 radical (unpaired) electrons. The Bertz CT molecular complexity index is 443. The van der Waals surface area contributed by atoms with Crippen molar-refractivity contribution in [2.75, 3.05) is 0 Å². The van der Waals surface area contributed by atoms with E-state index < -0.39 is 11.9 Å². The standard InChI is InChI=1S/C16H20O2/c1-12(16(17)18)13-8-10-15(11-9-13)14-6-4-2-3-5-7-14/h6,8-12H,2-5,7H2,1H3,(H,17,18). The average molecular weight is 244 g/mol. The van der Waals surface area contributed by atoms with Gasteiger partial charge in [0, 0.05) is 0 Å². The van der Waals surface area contributed by atoms with Crippen LogP contribution in [-0.4, -0.2) is 11.1 Å². The van der Waals surface area contributed by atoms with Crippen LogP contribution in [-0.2, 0) is 4.79 Å². The topological polar surface area (TPSA) is 37.3 Å². The van der Waals surface area contributed by atoms with Gasteiger partial charge in [-0.3, -0.25) is 4.79 Å². The number of benzene rings is 1. The van der Waals surface area contributed by atoms with Crippen LogP contribution in [0.1, 0.15) is 56.1 Å². The lowest BCUT2D eigenvalue weighted by Gasteiger charge is -2.09. The fourth-order valence-electron chi connectivity index (χ4n) is 2.41. The van der Waals surface area contributed by atoms with Crippen LogP contribution in [0.4, 0.5) is 0 Å².